The number of nitrogens with zero attached hydrogens (tertiary/aromatic N) is 4. The lowest BCUT2D eigenvalue weighted by Crippen LogP contribution is -2.22. The smallest absolute Gasteiger partial charge is 0.269 e. The van der Waals surface area contributed by atoms with Crippen LogP contribution in [0.2, 0.25) is 5.02 Å². The third-order valence-corrected chi connectivity index (χ3v) is 4.93. The zero-order valence-electron chi connectivity index (χ0n) is 15.2. The summed E-state index contributed by atoms with van der Waals surface area (Å²) in [6.45, 7) is 1.78. The fourth-order valence-corrected chi connectivity index (χ4v) is 3.63. The Bertz CT molecular complexity index is 1230. The normalized spacial score (nSPS) is 15.4. The van der Waals surface area contributed by atoms with Crippen molar-refractivity contribution in [3.63, 3.8) is 0 Å². The Morgan fingerprint density at radius 3 is 2.76 bits per heavy atom. The number of hydrogen-bond donors (Lipinski definition) is 1. The van der Waals surface area contributed by atoms with Crippen LogP contribution in [0.3, 0.4) is 0 Å². The predicted octanol–water partition coefficient (Wildman–Crippen LogP) is 3.96. The summed E-state index contributed by atoms with van der Waals surface area (Å²) in [7, 11) is 0. The molecule has 0 bridgehead atoms. The number of ether oxygens (including phenoxy) is 1. The van der Waals surface area contributed by atoms with Crippen LogP contribution in [0.4, 0.5) is 5.69 Å². The molecule has 1 aliphatic rings. The van der Waals surface area contributed by atoms with Crippen molar-refractivity contribution < 1.29 is 9.66 Å². The number of fused-ring (bicyclic) bond motifs is 1. The molecule has 9 heteroatoms. The van der Waals surface area contributed by atoms with Crippen molar-refractivity contribution in [1.29, 1.82) is 5.26 Å². The minimum atomic E-state index is -0.642. The van der Waals surface area contributed by atoms with E-state index in [1.165, 1.54) is 12.1 Å². The number of non-ortho nitro benzene ring substituents is 1. The number of nitrogens with two attached hydrogens (primary N) is 1. The molecule has 0 unspecified atom stereocenters. The maximum Gasteiger partial charge on any atom is 0.269 e. The predicted molar refractivity (Wildman–Crippen MR) is 106 cm³/mol. The highest BCUT2D eigenvalue weighted by molar-refractivity contribution is 6.30. The lowest BCUT2D eigenvalue weighted by Gasteiger charge is -2.24. The molecule has 2 aromatic carbocycles. The van der Waals surface area contributed by atoms with Gasteiger partial charge in [-0.05, 0) is 30.7 Å². The Morgan fingerprint density at radius 2 is 2.07 bits per heavy atom. The molecule has 1 atom stereocenters. The number of aromatic nitrogens is 2. The third-order valence-electron chi connectivity index (χ3n) is 4.70. The summed E-state index contributed by atoms with van der Waals surface area (Å²) in [5.74, 6) is -0.367. The van der Waals surface area contributed by atoms with Crippen molar-refractivity contribution in [3.05, 3.63) is 91.9 Å². The SMILES string of the molecule is Cc1nn(-c2cccc(Cl)c2)c2c1[C@@H](c1cccc([N+](=O)[O-])c1)C(C#N)=C(N)O2. The Balaban J connectivity index is 1.96. The van der Waals surface area contributed by atoms with E-state index in [4.69, 9.17) is 22.1 Å². The number of nitriles is 1. The standard InChI is InChI=1S/C20H14ClN5O3/c1-11-17-18(12-4-2-7-15(8-12)26(27)28)16(10-22)19(23)29-20(17)25(24-11)14-6-3-5-13(21)9-14/h2-9,18H,23H2,1H3/t18-/m0/s1. The van der Waals surface area contributed by atoms with Crippen molar-refractivity contribution >= 4 is 17.3 Å². The van der Waals surface area contributed by atoms with Gasteiger partial charge >= 0.3 is 0 Å². The molecule has 2 heterocycles. The van der Waals surface area contributed by atoms with Gasteiger partial charge in [-0.1, -0.05) is 29.8 Å². The number of aryl methyl sites for hydroxylation is 1. The van der Waals surface area contributed by atoms with Crippen LogP contribution in [0, 0.1) is 28.4 Å². The highest BCUT2D eigenvalue weighted by atomic mass is 35.5. The molecule has 1 aliphatic heterocycles. The largest absolute Gasteiger partial charge is 0.422 e. The Labute approximate surface area is 170 Å². The number of rotatable bonds is 3. The van der Waals surface area contributed by atoms with Gasteiger partial charge in [-0.3, -0.25) is 10.1 Å². The number of benzene rings is 2. The minimum absolute atomic E-state index is 0.0697. The maximum atomic E-state index is 11.2. The summed E-state index contributed by atoms with van der Waals surface area (Å²) >= 11 is 6.11. The zero-order valence-corrected chi connectivity index (χ0v) is 15.9. The monoisotopic (exact) mass is 407 g/mol. The van der Waals surface area contributed by atoms with Gasteiger partial charge in [0.25, 0.3) is 5.69 Å². The molecule has 0 saturated heterocycles. The zero-order chi connectivity index (χ0) is 20.7. The highest BCUT2D eigenvalue weighted by Gasteiger charge is 2.36. The molecule has 0 aliphatic carbocycles. The van der Waals surface area contributed by atoms with Gasteiger partial charge in [0.2, 0.25) is 11.8 Å². The maximum absolute atomic E-state index is 11.2. The number of nitro benzene ring substituents is 1. The van der Waals surface area contributed by atoms with Crippen LogP contribution in [0.15, 0.2) is 60.0 Å². The van der Waals surface area contributed by atoms with E-state index in [0.29, 0.717) is 33.4 Å². The lowest BCUT2D eigenvalue weighted by atomic mass is 9.84. The van der Waals surface area contributed by atoms with Crippen LogP contribution in [0.5, 0.6) is 5.88 Å². The van der Waals surface area contributed by atoms with Crippen molar-refractivity contribution in [2.24, 2.45) is 5.73 Å². The topological polar surface area (TPSA) is 120 Å². The second-order valence-electron chi connectivity index (χ2n) is 6.47. The van der Waals surface area contributed by atoms with E-state index in [-0.39, 0.29) is 17.1 Å². The Kier molecular flexibility index (Phi) is 4.45. The molecule has 0 fully saturated rings. The first-order valence-electron chi connectivity index (χ1n) is 8.58. The summed E-state index contributed by atoms with van der Waals surface area (Å²) in [5, 5.41) is 26.0. The molecule has 3 aromatic rings. The van der Waals surface area contributed by atoms with Gasteiger partial charge in [-0.25, -0.2) is 4.68 Å². The molecular weight excluding hydrogens is 394 g/mol. The molecule has 2 N–H and O–H groups in total. The van der Waals surface area contributed by atoms with Crippen molar-refractivity contribution in [2.75, 3.05) is 0 Å². The van der Waals surface area contributed by atoms with Gasteiger partial charge in [0, 0.05) is 17.2 Å². The third kappa shape index (κ3) is 3.07. The van der Waals surface area contributed by atoms with E-state index in [9.17, 15) is 15.4 Å². The van der Waals surface area contributed by atoms with Gasteiger partial charge in [0.1, 0.15) is 11.6 Å². The Morgan fingerprint density at radius 1 is 1.31 bits per heavy atom. The molecule has 0 amide bonds. The second kappa shape index (κ2) is 6.96. The van der Waals surface area contributed by atoms with Gasteiger partial charge in [0.05, 0.1) is 27.8 Å². The summed E-state index contributed by atoms with van der Waals surface area (Å²) < 4.78 is 7.33. The van der Waals surface area contributed by atoms with Crippen LogP contribution in [-0.4, -0.2) is 14.7 Å². The fraction of sp³-hybridized carbons (Fsp3) is 0.100. The molecule has 144 valence electrons. The summed E-state index contributed by atoms with van der Waals surface area (Å²) in [5.41, 5.74) is 8.59. The molecule has 1 aromatic heterocycles. The van der Waals surface area contributed by atoms with E-state index < -0.39 is 10.8 Å². The minimum Gasteiger partial charge on any atom is -0.422 e. The highest BCUT2D eigenvalue weighted by Crippen LogP contribution is 2.45. The second-order valence-corrected chi connectivity index (χ2v) is 6.91. The number of nitro groups is 1. The first kappa shape index (κ1) is 18.5. The molecule has 4 rings (SSSR count). The van der Waals surface area contributed by atoms with Gasteiger partial charge < -0.3 is 10.5 Å². The number of halogens is 1. The van der Waals surface area contributed by atoms with Gasteiger partial charge in [-0.2, -0.15) is 10.4 Å². The molecule has 0 spiro atoms. The van der Waals surface area contributed by atoms with Gasteiger partial charge in [0.15, 0.2) is 0 Å². The van der Waals surface area contributed by atoms with Crippen LogP contribution in [-0.2, 0) is 0 Å². The summed E-state index contributed by atoms with van der Waals surface area (Å²) in [6.07, 6.45) is 0. The number of hydrogen-bond acceptors (Lipinski definition) is 6. The van der Waals surface area contributed by atoms with E-state index in [2.05, 4.69) is 11.2 Å². The average Bonchev–Trinajstić information content (AvgIpc) is 3.03. The molecule has 29 heavy (non-hydrogen) atoms. The lowest BCUT2D eigenvalue weighted by molar-refractivity contribution is -0.384. The van der Waals surface area contributed by atoms with E-state index in [1.807, 2.05) is 6.07 Å². The molecule has 8 nitrogen and oxygen atoms in total. The Hall–Kier alpha value is -3.83. The summed E-state index contributed by atoms with van der Waals surface area (Å²) in [6, 6.07) is 15.2. The van der Waals surface area contributed by atoms with Crippen molar-refractivity contribution in [1.82, 2.24) is 9.78 Å². The van der Waals surface area contributed by atoms with Crippen molar-refractivity contribution in [2.45, 2.75) is 12.8 Å². The number of allylic oxidation sites excluding steroid dienone is 1. The quantitative estimate of drug-likeness (QED) is 0.518. The first-order chi connectivity index (χ1) is 13.9. The first-order valence-corrected chi connectivity index (χ1v) is 8.96. The molecule has 0 saturated carbocycles. The molecular formula is C20H14ClN5O3. The van der Waals surface area contributed by atoms with Gasteiger partial charge in [-0.15, -0.1) is 0 Å². The van der Waals surface area contributed by atoms with E-state index in [0.717, 1.165) is 0 Å². The van der Waals surface area contributed by atoms with E-state index in [1.54, 1.807) is 41.9 Å². The average molecular weight is 408 g/mol. The van der Waals surface area contributed by atoms with Crippen LogP contribution in [0.1, 0.15) is 22.7 Å². The fourth-order valence-electron chi connectivity index (χ4n) is 3.45. The summed E-state index contributed by atoms with van der Waals surface area (Å²) in [4.78, 5) is 10.8. The van der Waals surface area contributed by atoms with Crippen molar-refractivity contribution in [3.8, 4) is 17.6 Å². The molecule has 0 radical (unpaired) electrons. The van der Waals surface area contributed by atoms with Crippen LogP contribution >= 0.6 is 11.6 Å². The van der Waals surface area contributed by atoms with Crippen LogP contribution < -0.4 is 10.5 Å². The van der Waals surface area contributed by atoms with E-state index >= 15 is 0 Å². The van der Waals surface area contributed by atoms with Crippen LogP contribution in [0.25, 0.3) is 5.69 Å².